The molecule has 1 aliphatic heterocycles. The van der Waals surface area contributed by atoms with Crippen LogP contribution in [0.5, 0.6) is 0 Å². The summed E-state index contributed by atoms with van der Waals surface area (Å²) < 4.78 is 0. The molecule has 0 unspecified atom stereocenters. The minimum Gasteiger partial charge on any atom is -0.383 e. The number of nitrogens with two attached hydrogens (primary N) is 1. The van der Waals surface area contributed by atoms with Crippen LogP contribution in [0.3, 0.4) is 0 Å². The summed E-state index contributed by atoms with van der Waals surface area (Å²) in [5, 5.41) is 3.35. The predicted octanol–water partition coefficient (Wildman–Crippen LogP) is 1.37. The Morgan fingerprint density at radius 2 is 2.17 bits per heavy atom. The molecule has 12 heavy (non-hydrogen) atoms. The molecule has 0 spiro atoms. The number of benzene rings is 1. The van der Waals surface area contributed by atoms with Crippen LogP contribution >= 0.6 is 0 Å². The topological polar surface area (TPSA) is 38.0 Å². The predicted molar refractivity (Wildman–Crippen MR) is 51.2 cm³/mol. The van der Waals surface area contributed by atoms with E-state index < -0.39 is 0 Å². The molecule has 1 aliphatic rings. The van der Waals surface area contributed by atoms with E-state index in [1.54, 1.807) is 0 Å². The van der Waals surface area contributed by atoms with Gasteiger partial charge in [0.05, 0.1) is 0 Å². The second kappa shape index (κ2) is 3.15. The summed E-state index contributed by atoms with van der Waals surface area (Å²) in [5.41, 5.74) is 8.50. The Bertz CT molecular complexity index is 243. The average Bonchev–Trinajstić information content (AvgIpc) is 2.29. The molecule has 0 saturated carbocycles. The highest BCUT2D eigenvalue weighted by molar-refractivity contribution is 5.52. The molecular weight excluding hydrogens is 148 g/mol. The third kappa shape index (κ3) is 1.43. The molecule has 0 saturated heterocycles. The first kappa shape index (κ1) is 7.62. The summed E-state index contributed by atoms with van der Waals surface area (Å²) in [7, 11) is 0. The van der Waals surface area contributed by atoms with Crippen LogP contribution in [0.4, 0.5) is 5.69 Å². The monoisotopic (exact) mass is 162 g/mol. The van der Waals surface area contributed by atoms with Crippen molar-refractivity contribution in [2.75, 3.05) is 11.9 Å². The zero-order valence-corrected chi connectivity index (χ0v) is 7.09. The summed E-state index contributed by atoms with van der Waals surface area (Å²) in [6.07, 6.45) is 2.19. The Balaban J connectivity index is 2.26. The van der Waals surface area contributed by atoms with Crippen molar-refractivity contribution in [3.63, 3.8) is 0 Å². The highest BCUT2D eigenvalue weighted by Crippen LogP contribution is 2.19. The summed E-state index contributed by atoms with van der Waals surface area (Å²) in [6, 6.07) is 8.73. The maximum absolute atomic E-state index is 5.85. The molecule has 1 atom stereocenters. The fourth-order valence-corrected chi connectivity index (χ4v) is 1.59. The fraction of sp³-hybridized carbons (Fsp3) is 0.400. The molecule has 3 N–H and O–H groups in total. The minimum absolute atomic E-state index is 0.303. The van der Waals surface area contributed by atoms with Crippen molar-refractivity contribution in [3.05, 3.63) is 29.8 Å². The van der Waals surface area contributed by atoms with Gasteiger partial charge in [-0.25, -0.2) is 0 Å². The maximum Gasteiger partial charge on any atom is 0.0373 e. The normalized spacial score (nSPS) is 22.2. The van der Waals surface area contributed by atoms with Gasteiger partial charge in [0.2, 0.25) is 0 Å². The third-order valence-electron chi connectivity index (χ3n) is 2.36. The highest BCUT2D eigenvalue weighted by Gasteiger charge is 2.10. The van der Waals surface area contributed by atoms with Crippen molar-refractivity contribution >= 4 is 5.69 Å². The number of anilines is 1. The summed E-state index contributed by atoms with van der Waals surface area (Å²) in [6.45, 7) is 0.900. The lowest BCUT2D eigenvalue weighted by Crippen LogP contribution is -2.27. The highest BCUT2D eigenvalue weighted by atomic mass is 14.9. The van der Waals surface area contributed by atoms with Crippen LogP contribution in [0.25, 0.3) is 0 Å². The van der Waals surface area contributed by atoms with Crippen LogP contribution in [0, 0.1) is 0 Å². The molecule has 2 rings (SSSR count). The zero-order valence-electron chi connectivity index (χ0n) is 7.09. The molecule has 0 amide bonds. The molecule has 1 aromatic carbocycles. The molecular formula is C10H14N2. The molecule has 0 radical (unpaired) electrons. The second-order valence-corrected chi connectivity index (χ2v) is 3.34. The molecule has 1 heterocycles. The fourth-order valence-electron chi connectivity index (χ4n) is 1.59. The molecule has 0 aromatic heterocycles. The minimum atomic E-state index is 0.303. The number of rotatable bonds is 0. The molecule has 0 aliphatic carbocycles. The smallest absolute Gasteiger partial charge is 0.0373 e. The van der Waals surface area contributed by atoms with E-state index in [9.17, 15) is 0 Å². The third-order valence-corrected chi connectivity index (χ3v) is 2.36. The molecule has 0 fully saturated rings. The van der Waals surface area contributed by atoms with Gasteiger partial charge in [-0.1, -0.05) is 18.2 Å². The SMILES string of the molecule is N[C@@H]1CCc2ccccc2NC1. The van der Waals surface area contributed by atoms with Crippen molar-refractivity contribution in [1.29, 1.82) is 0 Å². The van der Waals surface area contributed by atoms with Crippen LogP contribution < -0.4 is 11.1 Å². The first-order valence-corrected chi connectivity index (χ1v) is 4.43. The summed E-state index contributed by atoms with van der Waals surface area (Å²) >= 11 is 0. The molecule has 1 aromatic rings. The summed E-state index contributed by atoms with van der Waals surface area (Å²) in [5.74, 6) is 0. The number of para-hydroxylation sites is 1. The lowest BCUT2D eigenvalue weighted by atomic mass is 10.1. The van der Waals surface area contributed by atoms with E-state index in [0.717, 1.165) is 19.4 Å². The van der Waals surface area contributed by atoms with Gasteiger partial charge < -0.3 is 11.1 Å². The van der Waals surface area contributed by atoms with E-state index in [1.165, 1.54) is 11.3 Å². The van der Waals surface area contributed by atoms with Gasteiger partial charge in [0, 0.05) is 18.3 Å². The van der Waals surface area contributed by atoms with E-state index in [-0.39, 0.29) is 0 Å². The van der Waals surface area contributed by atoms with Gasteiger partial charge >= 0.3 is 0 Å². The molecule has 64 valence electrons. The number of fused-ring (bicyclic) bond motifs is 1. The first-order valence-electron chi connectivity index (χ1n) is 4.43. The van der Waals surface area contributed by atoms with Crippen LogP contribution in [-0.4, -0.2) is 12.6 Å². The van der Waals surface area contributed by atoms with Gasteiger partial charge in [-0.05, 0) is 24.5 Å². The Morgan fingerprint density at radius 3 is 3.08 bits per heavy atom. The van der Waals surface area contributed by atoms with Crippen LogP contribution in [-0.2, 0) is 6.42 Å². The first-order chi connectivity index (χ1) is 5.86. The number of nitrogens with one attached hydrogen (secondary N) is 1. The number of hydrogen-bond donors (Lipinski definition) is 2. The molecule has 2 heteroatoms. The van der Waals surface area contributed by atoms with E-state index in [1.807, 2.05) is 0 Å². The second-order valence-electron chi connectivity index (χ2n) is 3.34. The zero-order chi connectivity index (χ0) is 8.39. The van der Waals surface area contributed by atoms with Crippen molar-refractivity contribution < 1.29 is 0 Å². The van der Waals surface area contributed by atoms with Gasteiger partial charge in [-0.2, -0.15) is 0 Å². The van der Waals surface area contributed by atoms with E-state index >= 15 is 0 Å². The van der Waals surface area contributed by atoms with Gasteiger partial charge in [0.15, 0.2) is 0 Å². The van der Waals surface area contributed by atoms with Crippen molar-refractivity contribution in [2.24, 2.45) is 5.73 Å². The van der Waals surface area contributed by atoms with Gasteiger partial charge in [0.25, 0.3) is 0 Å². The van der Waals surface area contributed by atoms with Crippen LogP contribution in [0.1, 0.15) is 12.0 Å². The Morgan fingerprint density at radius 1 is 1.33 bits per heavy atom. The summed E-state index contributed by atoms with van der Waals surface area (Å²) in [4.78, 5) is 0. The Labute approximate surface area is 72.8 Å². The standard InChI is InChI=1S/C10H14N2/c11-9-6-5-8-3-1-2-4-10(8)12-7-9/h1-4,9,12H,5-7,11H2/t9-/m1/s1. The van der Waals surface area contributed by atoms with Crippen molar-refractivity contribution in [2.45, 2.75) is 18.9 Å². The largest absolute Gasteiger partial charge is 0.383 e. The number of hydrogen-bond acceptors (Lipinski definition) is 2. The van der Waals surface area contributed by atoms with Crippen molar-refractivity contribution in [3.8, 4) is 0 Å². The van der Waals surface area contributed by atoms with E-state index in [4.69, 9.17) is 5.73 Å². The molecule has 0 bridgehead atoms. The van der Waals surface area contributed by atoms with Crippen molar-refractivity contribution in [1.82, 2.24) is 0 Å². The maximum atomic E-state index is 5.85. The average molecular weight is 162 g/mol. The molecule has 2 nitrogen and oxygen atoms in total. The lowest BCUT2D eigenvalue weighted by molar-refractivity contribution is 0.652. The van der Waals surface area contributed by atoms with Gasteiger partial charge in [-0.3, -0.25) is 0 Å². The quantitative estimate of drug-likeness (QED) is 0.604. The Kier molecular flexibility index (Phi) is 2.00. The number of aryl methyl sites for hydroxylation is 1. The van der Waals surface area contributed by atoms with Crippen LogP contribution in [0.2, 0.25) is 0 Å². The Hall–Kier alpha value is -1.02. The van der Waals surface area contributed by atoms with E-state index in [0.29, 0.717) is 6.04 Å². The lowest BCUT2D eigenvalue weighted by Gasteiger charge is -2.07. The van der Waals surface area contributed by atoms with Crippen LogP contribution in [0.15, 0.2) is 24.3 Å². The van der Waals surface area contributed by atoms with E-state index in [2.05, 4.69) is 29.6 Å². The van der Waals surface area contributed by atoms with Gasteiger partial charge in [-0.15, -0.1) is 0 Å². The van der Waals surface area contributed by atoms with Gasteiger partial charge in [0.1, 0.15) is 0 Å².